The molecule has 1 aromatic carbocycles. The van der Waals surface area contributed by atoms with Gasteiger partial charge in [-0.25, -0.2) is 0 Å². The fraction of sp³-hybridized carbons (Fsp3) is 0.556. The number of carbonyl (C=O) groups is 2. The zero-order valence-corrected chi connectivity index (χ0v) is 14.2. The number of amides is 2. The molecule has 2 saturated carbocycles. The lowest BCUT2D eigenvalue weighted by Crippen LogP contribution is -2.50. The van der Waals surface area contributed by atoms with Gasteiger partial charge in [0.2, 0.25) is 11.8 Å². The molecule has 0 radical (unpaired) electrons. The number of rotatable bonds is 3. The Kier molecular flexibility index (Phi) is 4.01. The molecule has 0 aromatic heterocycles. The minimum Gasteiger partial charge on any atom is -0.344 e. The van der Waals surface area contributed by atoms with Gasteiger partial charge in [-0.05, 0) is 61.8 Å². The van der Waals surface area contributed by atoms with Gasteiger partial charge in [-0.15, -0.1) is 0 Å². The molecule has 5 unspecified atom stereocenters. The highest BCUT2D eigenvalue weighted by molar-refractivity contribution is 6.30. The summed E-state index contributed by atoms with van der Waals surface area (Å²) in [5.41, 5.74) is 7.06. The summed E-state index contributed by atoms with van der Waals surface area (Å²) < 4.78 is 0. The highest BCUT2D eigenvalue weighted by Crippen LogP contribution is 2.47. The van der Waals surface area contributed by atoms with Crippen molar-refractivity contribution in [3.8, 4) is 0 Å². The predicted molar refractivity (Wildman–Crippen MR) is 92.6 cm³/mol. The van der Waals surface area contributed by atoms with Crippen molar-refractivity contribution in [2.45, 2.75) is 37.8 Å². The molecular weight excluding hydrogens is 326 g/mol. The van der Waals surface area contributed by atoms with E-state index in [2.05, 4.69) is 5.32 Å². The van der Waals surface area contributed by atoms with Crippen LogP contribution in [0.1, 0.15) is 25.7 Å². The van der Waals surface area contributed by atoms with Gasteiger partial charge in [0.1, 0.15) is 6.04 Å². The van der Waals surface area contributed by atoms with Crippen LogP contribution in [0.4, 0.5) is 5.69 Å². The molecule has 3 fully saturated rings. The number of halogens is 1. The lowest BCUT2D eigenvalue weighted by molar-refractivity contribution is -0.130. The van der Waals surface area contributed by atoms with Crippen LogP contribution in [-0.2, 0) is 9.59 Å². The first kappa shape index (κ1) is 15.9. The molecule has 1 aromatic rings. The molecule has 2 amide bonds. The maximum absolute atomic E-state index is 12.7. The number of nitrogens with zero attached hydrogens (tertiary/aromatic N) is 1. The second kappa shape index (κ2) is 6.05. The Morgan fingerprint density at radius 2 is 1.88 bits per heavy atom. The number of hydrogen-bond donors (Lipinski definition) is 2. The Hall–Kier alpha value is -1.59. The van der Waals surface area contributed by atoms with Crippen molar-refractivity contribution in [2.75, 3.05) is 11.4 Å². The van der Waals surface area contributed by atoms with E-state index < -0.39 is 6.04 Å². The summed E-state index contributed by atoms with van der Waals surface area (Å²) in [5.74, 6) is 0.666. The van der Waals surface area contributed by atoms with Crippen molar-refractivity contribution in [3.05, 3.63) is 29.3 Å². The second-order valence-electron chi connectivity index (χ2n) is 7.25. The molecule has 3 aliphatic rings. The summed E-state index contributed by atoms with van der Waals surface area (Å²) in [6, 6.07) is 6.70. The van der Waals surface area contributed by atoms with Crippen LogP contribution in [0, 0.1) is 17.8 Å². The zero-order valence-electron chi connectivity index (χ0n) is 13.5. The molecule has 3 N–H and O–H groups in total. The molecule has 128 valence electrons. The first-order valence-corrected chi connectivity index (χ1v) is 9.05. The van der Waals surface area contributed by atoms with Gasteiger partial charge in [0.15, 0.2) is 0 Å². The molecule has 1 aliphatic heterocycles. The van der Waals surface area contributed by atoms with Gasteiger partial charge < -0.3 is 16.0 Å². The van der Waals surface area contributed by atoms with Gasteiger partial charge in [-0.2, -0.15) is 0 Å². The number of nitrogens with two attached hydrogens (primary N) is 1. The van der Waals surface area contributed by atoms with Crippen LogP contribution in [-0.4, -0.2) is 30.4 Å². The summed E-state index contributed by atoms with van der Waals surface area (Å²) in [6.45, 7) is 0.605. The number of fused-ring (bicyclic) bond motifs is 2. The fourth-order valence-corrected chi connectivity index (χ4v) is 4.81. The number of benzene rings is 1. The lowest BCUT2D eigenvalue weighted by Gasteiger charge is -2.28. The highest BCUT2D eigenvalue weighted by atomic mass is 35.5. The third kappa shape index (κ3) is 2.60. The van der Waals surface area contributed by atoms with E-state index in [1.165, 1.54) is 0 Å². The van der Waals surface area contributed by atoms with E-state index >= 15 is 0 Å². The van der Waals surface area contributed by atoms with Crippen molar-refractivity contribution in [2.24, 2.45) is 23.5 Å². The molecule has 2 bridgehead atoms. The maximum Gasteiger partial charge on any atom is 0.249 e. The second-order valence-corrected chi connectivity index (χ2v) is 7.69. The van der Waals surface area contributed by atoms with E-state index in [-0.39, 0.29) is 23.8 Å². The third-order valence-electron chi connectivity index (χ3n) is 5.94. The topological polar surface area (TPSA) is 75.4 Å². The summed E-state index contributed by atoms with van der Waals surface area (Å²) in [6.07, 6.45) is 3.92. The van der Waals surface area contributed by atoms with Gasteiger partial charge >= 0.3 is 0 Å². The molecule has 2 aliphatic carbocycles. The van der Waals surface area contributed by atoms with Crippen LogP contribution < -0.4 is 16.0 Å². The molecular formula is C18H22ClN3O2. The SMILES string of the molecule is NC1C2CCC(C2)C1C(=O)NC1CCN(c2ccc(Cl)cc2)C1=O. The number of anilines is 1. The quantitative estimate of drug-likeness (QED) is 0.877. The average molecular weight is 348 g/mol. The predicted octanol–water partition coefficient (Wildman–Crippen LogP) is 1.93. The molecule has 1 saturated heterocycles. The molecule has 24 heavy (non-hydrogen) atoms. The normalized spacial score (nSPS) is 34.8. The van der Waals surface area contributed by atoms with Gasteiger partial charge in [0.25, 0.3) is 0 Å². The first-order valence-electron chi connectivity index (χ1n) is 8.67. The Morgan fingerprint density at radius 3 is 2.54 bits per heavy atom. The molecule has 5 atom stereocenters. The third-order valence-corrected chi connectivity index (χ3v) is 6.20. The van der Waals surface area contributed by atoms with Crippen LogP contribution in [0.2, 0.25) is 5.02 Å². The Labute approximate surface area is 146 Å². The zero-order chi connectivity index (χ0) is 16.8. The fourth-order valence-electron chi connectivity index (χ4n) is 4.68. The van der Waals surface area contributed by atoms with E-state index in [1.54, 1.807) is 17.0 Å². The highest BCUT2D eigenvalue weighted by Gasteiger charge is 2.49. The number of carbonyl (C=O) groups excluding carboxylic acids is 2. The van der Waals surface area contributed by atoms with E-state index in [0.29, 0.717) is 29.8 Å². The van der Waals surface area contributed by atoms with Crippen LogP contribution in [0.5, 0.6) is 0 Å². The molecule has 5 nitrogen and oxygen atoms in total. The molecule has 6 heteroatoms. The van der Waals surface area contributed by atoms with E-state index in [1.807, 2.05) is 12.1 Å². The van der Waals surface area contributed by atoms with Gasteiger partial charge in [0, 0.05) is 23.3 Å². The minimum absolute atomic E-state index is 0.0361. The van der Waals surface area contributed by atoms with Crippen molar-refractivity contribution in [1.29, 1.82) is 0 Å². The van der Waals surface area contributed by atoms with Crippen molar-refractivity contribution in [3.63, 3.8) is 0 Å². The lowest BCUT2D eigenvalue weighted by atomic mass is 9.84. The van der Waals surface area contributed by atoms with Crippen LogP contribution >= 0.6 is 11.6 Å². The smallest absolute Gasteiger partial charge is 0.249 e. The van der Waals surface area contributed by atoms with Gasteiger partial charge in [-0.1, -0.05) is 11.6 Å². The van der Waals surface area contributed by atoms with E-state index in [4.69, 9.17) is 17.3 Å². The maximum atomic E-state index is 12.7. The van der Waals surface area contributed by atoms with Crippen molar-refractivity contribution < 1.29 is 9.59 Å². The Morgan fingerprint density at radius 1 is 1.17 bits per heavy atom. The summed E-state index contributed by atoms with van der Waals surface area (Å²) in [7, 11) is 0. The molecule has 1 heterocycles. The number of nitrogens with one attached hydrogen (secondary N) is 1. The summed E-state index contributed by atoms with van der Waals surface area (Å²) in [5, 5.41) is 3.60. The largest absolute Gasteiger partial charge is 0.344 e. The van der Waals surface area contributed by atoms with Crippen LogP contribution in [0.3, 0.4) is 0 Å². The summed E-state index contributed by atoms with van der Waals surface area (Å²) >= 11 is 5.90. The first-order chi connectivity index (χ1) is 11.5. The van der Waals surface area contributed by atoms with Crippen LogP contribution in [0.15, 0.2) is 24.3 Å². The average Bonchev–Trinajstić information content (AvgIpc) is 3.24. The van der Waals surface area contributed by atoms with Crippen LogP contribution in [0.25, 0.3) is 0 Å². The van der Waals surface area contributed by atoms with E-state index in [0.717, 1.165) is 24.9 Å². The Bertz CT molecular complexity index is 661. The van der Waals surface area contributed by atoms with Gasteiger partial charge in [-0.3, -0.25) is 9.59 Å². The molecule has 4 rings (SSSR count). The standard InChI is InChI=1S/C18H22ClN3O2/c19-12-3-5-13(6-4-12)22-8-7-14(18(22)24)21-17(23)15-10-1-2-11(9-10)16(15)20/h3-6,10-11,14-16H,1-2,7-9,20H2,(H,21,23). The molecule has 0 spiro atoms. The monoisotopic (exact) mass is 347 g/mol. The minimum atomic E-state index is -0.445. The van der Waals surface area contributed by atoms with Crippen molar-refractivity contribution in [1.82, 2.24) is 5.32 Å². The van der Waals surface area contributed by atoms with Gasteiger partial charge in [0.05, 0.1) is 5.92 Å². The number of hydrogen-bond acceptors (Lipinski definition) is 3. The Balaban J connectivity index is 1.42. The van der Waals surface area contributed by atoms with Crippen molar-refractivity contribution >= 4 is 29.1 Å². The summed E-state index contributed by atoms with van der Waals surface area (Å²) in [4.78, 5) is 27.0. The van der Waals surface area contributed by atoms with E-state index in [9.17, 15) is 9.59 Å².